The maximum atomic E-state index is 12.8. The Labute approximate surface area is 154 Å². The number of benzene rings is 1. The molecule has 0 radical (unpaired) electrons. The van der Waals surface area contributed by atoms with Crippen LogP contribution in [0.4, 0.5) is 0 Å². The van der Waals surface area contributed by atoms with Gasteiger partial charge >= 0.3 is 0 Å². The first-order valence-corrected chi connectivity index (χ1v) is 9.02. The summed E-state index contributed by atoms with van der Waals surface area (Å²) in [4.78, 5) is 31.6. The number of rotatable bonds is 5. The van der Waals surface area contributed by atoms with Crippen molar-refractivity contribution in [3.05, 3.63) is 53.2 Å². The number of allylic oxidation sites excluding steroid dienone is 1. The van der Waals surface area contributed by atoms with Crippen molar-refractivity contribution in [3.8, 4) is 0 Å². The van der Waals surface area contributed by atoms with Crippen molar-refractivity contribution in [2.24, 2.45) is 5.92 Å². The van der Waals surface area contributed by atoms with Gasteiger partial charge in [-0.25, -0.2) is 4.99 Å². The molecule has 1 aromatic rings. The van der Waals surface area contributed by atoms with Gasteiger partial charge in [-0.2, -0.15) is 0 Å². The number of carbonyl (C=O) groups is 2. The van der Waals surface area contributed by atoms with E-state index < -0.39 is 0 Å². The lowest BCUT2D eigenvalue weighted by Gasteiger charge is -2.28. The SMILES string of the molecule is CC(C)CCN1C=C(c2cccc(C(=O)N(C)C)c2)C2=CC=[NH+]C2C1=O. The summed E-state index contributed by atoms with van der Waals surface area (Å²) in [6.07, 6.45) is 6.67. The Hall–Kier alpha value is -2.69. The Balaban J connectivity index is 1.99. The molecule has 5 nitrogen and oxygen atoms in total. The van der Waals surface area contributed by atoms with Crippen LogP contribution in [-0.2, 0) is 4.79 Å². The van der Waals surface area contributed by atoms with Gasteiger partial charge in [-0.15, -0.1) is 0 Å². The number of hydrogen-bond acceptors (Lipinski definition) is 2. The number of nitrogens with one attached hydrogen (secondary N) is 1. The number of carbonyl (C=O) groups excluding carboxylic acids is 2. The van der Waals surface area contributed by atoms with Crippen molar-refractivity contribution in [3.63, 3.8) is 0 Å². The van der Waals surface area contributed by atoms with E-state index >= 15 is 0 Å². The van der Waals surface area contributed by atoms with Crippen LogP contribution in [0.5, 0.6) is 0 Å². The summed E-state index contributed by atoms with van der Waals surface area (Å²) in [6, 6.07) is 7.27. The van der Waals surface area contributed by atoms with E-state index in [1.54, 1.807) is 19.0 Å². The Morgan fingerprint density at radius 2 is 2.08 bits per heavy atom. The third kappa shape index (κ3) is 3.47. The molecule has 1 atom stereocenters. The minimum atomic E-state index is -0.338. The Kier molecular flexibility index (Phi) is 5.07. The topological polar surface area (TPSA) is 54.6 Å². The molecule has 2 heterocycles. The van der Waals surface area contributed by atoms with Crippen molar-refractivity contribution in [2.45, 2.75) is 26.3 Å². The Morgan fingerprint density at radius 3 is 2.77 bits per heavy atom. The van der Waals surface area contributed by atoms with Crippen molar-refractivity contribution in [2.75, 3.05) is 20.6 Å². The molecule has 0 fully saturated rings. The molecule has 0 aromatic heterocycles. The Bertz CT molecular complexity index is 818. The third-order valence-electron chi connectivity index (χ3n) is 4.74. The molecule has 26 heavy (non-hydrogen) atoms. The van der Waals surface area contributed by atoms with Crippen LogP contribution in [-0.4, -0.2) is 54.5 Å². The van der Waals surface area contributed by atoms with E-state index in [-0.39, 0.29) is 17.9 Å². The molecule has 1 N–H and O–H groups in total. The highest BCUT2D eigenvalue weighted by molar-refractivity contribution is 6.02. The molecule has 5 heteroatoms. The fraction of sp³-hybridized carbons (Fsp3) is 0.381. The minimum Gasteiger partial charge on any atom is -0.345 e. The van der Waals surface area contributed by atoms with Crippen molar-refractivity contribution >= 4 is 23.6 Å². The van der Waals surface area contributed by atoms with Crippen LogP contribution >= 0.6 is 0 Å². The first kappa shape index (κ1) is 18.1. The molecule has 1 unspecified atom stereocenters. The van der Waals surface area contributed by atoms with Gasteiger partial charge in [-0.05, 0) is 30.0 Å². The van der Waals surface area contributed by atoms with Crippen LogP contribution < -0.4 is 4.99 Å². The van der Waals surface area contributed by atoms with E-state index in [1.165, 1.54) is 0 Å². The number of fused-ring (bicyclic) bond motifs is 1. The lowest BCUT2D eigenvalue weighted by molar-refractivity contribution is -0.467. The summed E-state index contributed by atoms with van der Waals surface area (Å²) >= 11 is 0. The molecular formula is C21H26N3O2+. The van der Waals surface area contributed by atoms with Gasteiger partial charge in [-0.1, -0.05) is 26.0 Å². The highest BCUT2D eigenvalue weighted by Crippen LogP contribution is 2.31. The fourth-order valence-electron chi connectivity index (χ4n) is 3.22. The van der Waals surface area contributed by atoms with Gasteiger partial charge in [0.25, 0.3) is 17.9 Å². The van der Waals surface area contributed by atoms with Gasteiger partial charge < -0.3 is 9.80 Å². The molecule has 3 rings (SSSR count). The van der Waals surface area contributed by atoms with E-state index in [0.717, 1.165) is 23.1 Å². The zero-order chi connectivity index (χ0) is 18.8. The van der Waals surface area contributed by atoms with E-state index in [4.69, 9.17) is 0 Å². The number of nitrogens with zero attached hydrogens (tertiary/aromatic N) is 2. The van der Waals surface area contributed by atoms with E-state index in [9.17, 15) is 9.59 Å². The smallest absolute Gasteiger partial charge is 0.300 e. The molecule has 136 valence electrons. The molecule has 2 amide bonds. The standard InChI is InChI=1S/C21H25N3O2/c1-14(2)9-11-24-13-18(17-8-10-22-19(17)21(24)26)15-6-5-7-16(12-15)20(25)23(3)4/h5-8,10,12-14,19H,9,11H2,1-4H3/p+1. The maximum absolute atomic E-state index is 12.8. The lowest BCUT2D eigenvalue weighted by Crippen LogP contribution is -2.79. The quantitative estimate of drug-likeness (QED) is 0.862. The normalized spacial score (nSPS) is 18.7. The minimum absolute atomic E-state index is 0.0300. The van der Waals surface area contributed by atoms with Crippen molar-refractivity contribution < 1.29 is 14.6 Å². The summed E-state index contributed by atoms with van der Waals surface area (Å²) in [6.45, 7) is 5.01. The van der Waals surface area contributed by atoms with E-state index in [0.29, 0.717) is 18.0 Å². The lowest BCUT2D eigenvalue weighted by atomic mass is 9.89. The molecular weight excluding hydrogens is 326 g/mol. The van der Waals surface area contributed by atoms with Gasteiger partial charge in [0.15, 0.2) is 6.21 Å². The summed E-state index contributed by atoms with van der Waals surface area (Å²) < 4.78 is 0. The highest BCUT2D eigenvalue weighted by atomic mass is 16.2. The van der Waals surface area contributed by atoms with E-state index in [2.05, 4.69) is 18.8 Å². The number of hydrogen-bond donors (Lipinski definition) is 1. The molecule has 1 aromatic carbocycles. The van der Waals surface area contributed by atoms with Crippen LogP contribution in [0.1, 0.15) is 36.2 Å². The van der Waals surface area contributed by atoms with Crippen LogP contribution in [0.25, 0.3) is 5.57 Å². The zero-order valence-electron chi connectivity index (χ0n) is 15.8. The average molecular weight is 352 g/mol. The summed E-state index contributed by atoms with van der Waals surface area (Å²) in [5.74, 6) is 0.577. The summed E-state index contributed by atoms with van der Waals surface area (Å²) in [7, 11) is 3.49. The highest BCUT2D eigenvalue weighted by Gasteiger charge is 2.39. The number of amides is 2. The zero-order valence-corrected chi connectivity index (χ0v) is 15.8. The van der Waals surface area contributed by atoms with Gasteiger partial charge in [-0.3, -0.25) is 9.59 Å². The molecule has 0 bridgehead atoms. The first-order valence-electron chi connectivity index (χ1n) is 9.02. The van der Waals surface area contributed by atoms with Crippen LogP contribution in [0.15, 0.2) is 42.1 Å². The predicted octanol–water partition coefficient (Wildman–Crippen LogP) is 1.08. The fourth-order valence-corrected chi connectivity index (χ4v) is 3.22. The van der Waals surface area contributed by atoms with Crippen molar-refractivity contribution in [1.29, 1.82) is 0 Å². The molecule has 0 aliphatic carbocycles. The van der Waals surface area contributed by atoms with Crippen LogP contribution in [0.2, 0.25) is 0 Å². The second-order valence-electron chi connectivity index (χ2n) is 7.43. The summed E-state index contributed by atoms with van der Waals surface area (Å²) in [5, 5.41) is 0. The monoisotopic (exact) mass is 352 g/mol. The van der Waals surface area contributed by atoms with Gasteiger partial charge in [0.05, 0.1) is 0 Å². The molecule has 0 saturated carbocycles. The third-order valence-corrected chi connectivity index (χ3v) is 4.74. The first-order chi connectivity index (χ1) is 12.4. The van der Waals surface area contributed by atoms with Crippen molar-refractivity contribution in [1.82, 2.24) is 9.80 Å². The second kappa shape index (κ2) is 7.28. The molecule has 0 saturated heterocycles. The largest absolute Gasteiger partial charge is 0.345 e. The second-order valence-corrected chi connectivity index (χ2v) is 7.43. The average Bonchev–Trinajstić information content (AvgIpc) is 3.10. The van der Waals surface area contributed by atoms with Crippen LogP contribution in [0.3, 0.4) is 0 Å². The molecule has 2 aliphatic heterocycles. The molecule has 0 spiro atoms. The van der Waals surface area contributed by atoms with Gasteiger partial charge in [0, 0.05) is 49.6 Å². The molecule has 2 aliphatic rings. The Morgan fingerprint density at radius 1 is 1.31 bits per heavy atom. The van der Waals surface area contributed by atoms with Gasteiger partial charge in [0.1, 0.15) is 0 Å². The maximum Gasteiger partial charge on any atom is 0.300 e. The predicted molar refractivity (Wildman–Crippen MR) is 103 cm³/mol. The summed E-state index contributed by atoms with van der Waals surface area (Å²) in [5.41, 5.74) is 3.55. The van der Waals surface area contributed by atoms with E-state index in [1.807, 2.05) is 47.7 Å². The van der Waals surface area contributed by atoms with Gasteiger partial charge in [0.2, 0.25) is 0 Å². The van der Waals surface area contributed by atoms with Crippen LogP contribution in [0, 0.1) is 5.92 Å².